The van der Waals surface area contributed by atoms with E-state index in [-0.39, 0.29) is 0 Å². The molecule has 43 heavy (non-hydrogen) atoms. The van der Waals surface area contributed by atoms with Crippen LogP contribution in [0.4, 0.5) is 0 Å². The van der Waals surface area contributed by atoms with E-state index in [0.29, 0.717) is 0 Å². The molecule has 8 rings (SSSR count). The molecule has 0 N–H and O–H groups in total. The minimum atomic E-state index is 0.881. The highest BCUT2D eigenvalue weighted by Gasteiger charge is 2.15. The van der Waals surface area contributed by atoms with E-state index in [0.717, 1.165) is 72.8 Å². The van der Waals surface area contributed by atoms with Gasteiger partial charge in [0.1, 0.15) is 5.82 Å². The van der Waals surface area contributed by atoms with Gasteiger partial charge in [-0.3, -0.25) is 4.57 Å². The van der Waals surface area contributed by atoms with Crippen molar-refractivity contribution >= 4 is 22.1 Å². The summed E-state index contributed by atoms with van der Waals surface area (Å²) in [6, 6.07) is 54.3. The van der Waals surface area contributed by atoms with Gasteiger partial charge in [-0.15, -0.1) is 0 Å². The fourth-order valence-electron chi connectivity index (χ4n) is 5.69. The fourth-order valence-corrected chi connectivity index (χ4v) is 5.69. The summed E-state index contributed by atoms with van der Waals surface area (Å²) in [5.41, 5.74) is 12.2. The predicted octanol–water partition coefficient (Wildman–Crippen LogP) is 9.64. The molecule has 0 aliphatic rings. The average molecular weight is 551 g/mol. The van der Waals surface area contributed by atoms with Crippen molar-refractivity contribution in [1.82, 2.24) is 19.5 Å². The van der Waals surface area contributed by atoms with Crippen LogP contribution in [0.25, 0.3) is 72.8 Å². The first-order valence-corrected chi connectivity index (χ1v) is 14.4. The summed E-state index contributed by atoms with van der Waals surface area (Å²) in [6.07, 6.45) is 0. The van der Waals surface area contributed by atoms with Gasteiger partial charge in [-0.1, -0.05) is 121 Å². The Morgan fingerprint density at radius 2 is 0.767 bits per heavy atom. The molecule has 4 nitrogen and oxygen atoms in total. The molecular formula is C39H26N4. The molecule has 0 radical (unpaired) electrons. The van der Waals surface area contributed by atoms with Crippen molar-refractivity contribution < 1.29 is 0 Å². The van der Waals surface area contributed by atoms with Crippen molar-refractivity contribution in [3.8, 4) is 50.7 Å². The third kappa shape index (κ3) is 4.55. The van der Waals surface area contributed by atoms with E-state index >= 15 is 0 Å². The lowest BCUT2D eigenvalue weighted by Crippen LogP contribution is -1.97. The summed E-state index contributed by atoms with van der Waals surface area (Å²) in [6.45, 7) is 0. The Bertz CT molecular complexity index is 2200. The van der Waals surface area contributed by atoms with Gasteiger partial charge in [-0.2, -0.15) is 0 Å². The molecule has 4 heteroatoms. The highest BCUT2D eigenvalue weighted by atomic mass is 15.1. The Hall–Kier alpha value is -5.87. The van der Waals surface area contributed by atoms with Crippen LogP contribution in [-0.4, -0.2) is 19.5 Å². The molecule has 0 unspecified atom stereocenters. The van der Waals surface area contributed by atoms with Crippen molar-refractivity contribution in [3.63, 3.8) is 0 Å². The van der Waals surface area contributed by atoms with Gasteiger partial charge in [0, 0.05) is 22.4 Å². The average Bonchev–Trinajstić information content (AvgIpc) is 3.48. The maximum Gasteiger partial charge on any atom is 0.145 e. The summed E-state index contributed by atoms with van der Waals surface area (Å²) < 4.78 is 2.23. The van der Waals surface area contributed by atoms with Crippen LogP contribution in [0.5, 0.6) is 0 Å². The molecule has 0 aliphatic carbocycles. The second kappa shape index (κ2) is 10.5. The van der Waals surface area contributed by atoms with Crippen molar-refractivity contribution in [3.05, 3.63) is 158 Å². The first-order chi connectivity index (χ1) is 21.3. The second-order valence-corrected chi connectivity index (χ2v) is 10.5. The van der Waals surface area contributed by atoms with Gasteiger partial charge in [-0.25, -0.2) is 15.0 Å². The van der Waals surface area contributed by atoms with Crippen LogP contribution in [0, 0.1) is 0 Å². The topological polar surface area (TPSA) is 43.6 Å². The van der Waals surface area contributed by atoms with E-state index in [9.17, 15) is 0 Å². The van der Waals surface area contributed by atoms with E-state index in [1.165, 1.54) is 0 Å². The Labute approximate surface area is 249 Å². The number of rotatable bonds is 5. The van der Waals surface area contributed by atoms with Gasteiger partial charge in [0.15, 0.2) is 0 Å². The minimum Gasteiger partial charge on any atom is -0.292 e. The Balaban J connectivity index is 1.16. The second-order valence-electron chi connectivity index (χ2n) is 10.5. The Morgan fingerprint density at radius 3 is 1.37 bits per heavy atom. The van der Waals surface area contributed by atoms with E-state index in [1.54, 1.807) is 0 Å². The largest absolute Gasteiger partial charge is 0.292 e. The van der Waals surface area contributed by atoms with E-state index in [1.807, 2.05) is 54.6 Å². The summed E-state index contributed by atoms with van der Waals surface area (Å²) >= 11 is 0. The number of para-hydroxylation sites is 5. The molecule has 6 aromatic carbocycles. The smallest absolute Gasteiger partial charge is 0.145 e. The maximum absolute atomic E-state index is 5.05. The highest BCUT2D eigenvalue weighted by molar-refractivity contribution is 5.87. The normalized spacial score (nSPS) is 11.3. The van der Waals surface area contributed by atoms with E-state index in [2.05, 4.69) is 108 Å². The fraction of sp³-hybridized carbons (Fsp3) is 0. The molecule has 0 saturated carbocycles. The molecule has 0 saturated heterocycles. The van der Waals surface area contributed by atoms with Crippen LogP contribution in [-0.2, 0) is 0 Å². The van der Waals surface area contributed by atoms with Crippen molar-refractivity contribution in [1.29, 1.82) is 0 Å². The molecule has 202 valence electrons. The van der Waals surface area contributed by atoms with Crippen LogP contribution in [0.3, 0.4) is 0 Å². The van der Waals surface area contributed by atoms with Gasteiger partial charge in [0.25, 0.3) is 0 Å². The summed E-state index contributed by atoms with van der Waals surface area (Å²) in [7, 11) is 0. The standard InChI is InChI=1S/C39H26N4/c1-3-11-29(12-4-1)37-38(41-34-16-8-7-15-33(34)40-37)30-23-19-27(20-24-30)28-21-25-31(26-22-28)39-42-35-17-9-10-18-36(35)43(39)32-13-5-2-6-14-32/h1-26H. The number of imidazole rings is 1. The van der Waals surface area contributed by atoms with E-state index in [4.69, 9.17) is 15.0 Å². The lowest BCUT2D eigenvalue weighted by atomic mass is 9.99. The molecule has 2 aromatic heterocycles. The van der Waals surface area contributed by atoms with Gasteiger partial charge in [0.2, 0.25) is 0 Å². The van der Waals surface area contributed by atoms with Crippen LogP contribution >= 0.6 is 0 Å². The van der Waals surface area contributed by atoms with Crippen molar-refractivity contribution in [2.75, 3.05) is 0 Å². The number of nitrogens with zero attached hydrogens (tertiary/aromatic N) is 4. The molecule has 0 atom stereocenters. The first-order valence-electron chi connectivity index (χ1n) is 14.4. The number of fused-ring (bicyclic) bond motifs is 2. The summed E-state index contributed by atoms with van der Waals surface area (Å²) in [5.74, 6) is 0.928. The zero-order valence-corrected chi connectivity index (χ0v) is 23.3. The number of hydrogen-bond donors (Lipinski definition) is 0. The van der Waals surface area contributed by atoms with E-state index < -0.39 is 0 Å². The SMILES string of the molecule is c1ccc(-c2nc3ccccc3nc2-c2ccc(-c3ccc(-c4nc5ccccc5n4-c4ccccc4)cc3)cc2)cc1. The van der Waals surface area contributed by atoms with Crippen molar-refractivity contribution in [2.24, 2.45) is 0 Å². The highest BCUT2D eigenvalue weighted by Crippen LogP contribution is 2.34. The predicted molar refractivity (Wildman–Crippen MR) is 176 cm³/mol. The van der Waals surface area contributed by atoms with Crippen LogP contribution < -0.4 is 0 Å². The molecule has 0 spiro atoms. The lowest BCUT2D eigenvalue weighted by molar-refractivity contribution is 1.10. The molecule has 0 aliphatic heterocycles. The Morgan fingerprint density at radius 1 is 0.326 bits per heavy atom. The summed E-state index contributed by atoms with van der Waals surface area (Å²) in [5, 5.41) is 0. The third-order valence-electron chi connectivity index (χ3n) is 7.83. The molecule has 0 amide bonds. The summed E-state index contributed by atoms with van der Waals surface area (Å²) in [4.78, 5) is 15.1. The Kier molecular flexibility index (Phi) is 6.08. The molecular weight excluding hydrogens is 524 g/mol. The quantitative estimate of drug-likeness (QED) is 0.214. The van der Waals surface area contributed by atoms with Gasteiger partial charge >= 0.3 is 0 Å². The minimum absolute atomic E-state index is 0.881. The monoisotopic (exact) mass is 550 g/mol. The molecule has 0 fully saturated rings. The molecule has 0 bridgehead atoms. The zero-order chi connectivity index (χ0) is 28.6. The maximum atomic E-state index is 5.05. The van der Waals surface area contributed by atoms with Crippen LogP contribution in [0.2, 0.25) is 0 Å². The van der Waals surface area contributed by atoms with Crippen LogP contribution in [0.15, 0.2) is 158 Å². The third-order valence-corrected chi connectivity index (χ3v) is 7.83. The van der Waals surface area contributed by atoms with Gasteiger partial charge in [-0.05, 0) is 47.5 Å². The van der Waals surface area contributed by atoms with Gasteiger partial charge < -0.3 is 0 Å². The zero-order valence-electron chi connectivity index (χ0n) is 23.3. The first kappa shape index (κ1) is 24.9. The molecule has 8 aromatic rings. The lowest BCUT2D eigenvalue weighted by Gasteiger charge is -2.12. The van der Waals surface area contributed by atoms with Crippen molar-refractivity contribution in [2.45, 2.75) is 0 Å². The number of aromatic nitrogens is 4. The van der Waals surface area contributed by atoms with Gasteiger partial charge in [0.05, 0.1) is 33.5 Å². The molecule has 2 heterocycles. The number of benzene rings is 6. The number of hydrogen-bond acceptors (Lipinski definition) is 3. The van der Waals surface area contributed by atoms with Crippen LogP contribution in [0.1, 0.15) is 0 Å².